The number of ether oxygens (including phenoxy) is 3. The van der Waals surface area contributed by atoms with Crippen LogP contribution in [0.3, 0.4) is 0 Å². The van der Waals surface area contributed by atoms with Crippen molar-refractivity contribution in [1.82, 2.24) is 4.90 Å². The van der Waals surface area contributed by atoms with Gasteiger partial charge in [-0.25, -0.2) is 0 Å². The number of nitrogens with zero attached hydrogens (tertiary/aromatic N) is 3. The summed E-state index contributed by atoms with van der Waals surface area (Å²) < 4.78 is 16.9. The van der Waals surface area contributed by atoms with Gasteiger partial charge in [-0.2, -0.15) is 0 Å². The molecule has 1 aliphatic rings. The fourth-order valence-electron chi connectivity index (χ4n) is 5.13. The average molecular weight is 540 g/mol. The quantitative estimate of drug-likeness (QED) is 0.191. The van der Waals surface area contributed by atoms with E-state index in [1.165, 1.54) is 19.2 Å². The molecule has 40 heavy (non-hydrogen) atoms. The molecule has 0 aliphatic carbocycles. The first-order chi connectivity index (χ1) is 19.4. The fourth-order valence-corrected chi connectivity index (χ4v) is 5.13. The van der Waals surface area contributed by atoms with E-state index >= 15 is 0 Å². The molecule has 0 aromatic heterocycles. The smallest absolute Gasteiger partial charge is 0.270 e. The lowest BCUT2D eigenvalue weighted by molar-refractivity contribution is -0.384. The summed E-state index contributed by atoms with van der Waals surface area (Å²) >= 11 is 0. The van der Waals surface area contributed by atoms with E-state index in [1.54, 1.807) is 25.2 Å². The molecule has 5 rings (SSSR count). The van der Waals surface area contributed by atoms with Gasteiger partial charge in [0.25, 0.3) is 11.6 Å². The van der Waals surface area contributed by atoms with Crippen LogP contribution in [-0.2, 0) is 13.1 Å². The molecule has 0 N–H and O–H groups in total. The zero-order valence-corrected chi connectivity index (χ0v) is 22.4. The van der Waals surface area contributed by atoms with Gasteiger partial charge in [0.05, 0.1) is 37.5 Å². The number of hydrogen-bond acceptors (Lipinski definition) is 7. The van der Waals surface area contributed by atoms with Crippen LogP contribution < -0.4 is 19.1 Å². The molecule has 0 bridgehead atoms. The van der Waals surface area contributed by atoms with Crippen molar-refractivity contribution in [2.45, 2.75) is 19.3 Å². The third-order valence-corrected chi connectivity index (χ3v) is 6.96. The molecule has 4 aromatic carbocycles. The van der Waals surface area contributed by atoms with Crippen LogP contribution in [0.4, 0.5) is 11.4 Å². The summed E-state index contributed by atoms with van der Waals surface area (Å²) in [7, 11) is 4.63. The van der Waals surface area contributed by atoms with Crippen LogP contribution in [0.1, 0.15) is 33.2 Å². The van der Waals surface area contributed by atoms with Gasteiger partial charge in [-0.15, -0.1) is 0 Å². The van der Waals surface area contributed by atoms with Crippen molar-refractivity contribution in [1.29, 1.82) is 0 Å². The maximum Gasteiger partial charge on any atom is 0.270 e. The van der Waals surface area contributed by atoms with E-state index in [1.807, 2.05) is 72.8 Å². The van der Waals surface area contributed by atoms with E-state index in [9.17, 15) is 14.9 Å². The second-order valence-corrected chi connectivity index (χ2v) is 9.32. The number of nitro benzene ring substituents is 1. The lowest BCUT2D eigenvalue weighted by atomic mass is 9.98. The number of amides is 1. The lowest BCUT2D eigenvalue weighted by Gasteiger charge is -2.46. The Balaban J connectivity index is 1.75. The molecule has 1 aliphatic heterocycles. The van der Waals surface area contributed by atoms with E-state index in [-0.39, 0.29) is 23.7 Å². The van der Waals surface area contributed by atoms with Crippen molar-refractivity contribution in [3.8, 4) is 17.2 Å². The molecule has 4 aromatic rings. The molecule has 1 heterocycles. The number of hydrogen-bond donors (Lipinski definition) is 0. The third kappa shape index (κ3) is 5.01. The molecule has 0 saturated heterocycles. The Morgan fingerprint density at radius 1 is 0.750 bits per heavy atom. The van der Waals surface area contributed by atoms with Crippen molar-refractivity contribution < 1.29 is 23.9 Å². The number of nitro groups is 1. The van der Waals surface area contributed by atoms with Crippen LogP contribution in [0.15, 0.2) is 91.0 Å². The average Bonchev–Trinajstić information content (AvgIpc) is 2.99. The maximum atomic E-state index is 14.2. The van der Waals surface area contributed by atoms with Crippen LogP contribution in [-0.4, -0.2) is 37.1 Å². The molecule has 0 saturated carbocycles. The van der Waals surface area contributed by atoms with Gasteiger partial charge in [-0.3, -0.25) is 14.9 Å². The number of methoxy groups -OCH3 is 3. The zero-order chi connectivity index (χ0) is 28.2. The standard InChI is InChI=1S/C31H29N3O6/c1-38-27-16-23(17-28(39-2)29(27)40-3)30-32(19-21-10-6-4-7-11-21)26-15-14-24(34(36)37)18-25(26)31(35)33(30)20-22-12-8-5-9-13-22/h4-18,30H,19-20H2,1-3H3/t30-/m0/s1. The Labute approximate surface area is 232 Å². The predicted molar refractivity (Wildman–Crippen MR) is 151 cm³/mol. The van der Waals surface area contributed by atoms with Crippen LogP contribution in [0.2, 0.25) is 0 Å². The van der Waals surface area contributed by atoms with Crippen LogP contribution >= 0.6 is 0 Å². The predicted octanol–water partition coefficient (Wildman–Crippen LogP) is 5.98. The van der Waals surface area contributed by atoms with Gasteiger partial charge in [-0.05, 0) is 29.3 Å². The number of rotatable bonds is 9. The molecular formula is C31H29N3O6. The minimum Gasteiger partial charge on any atom is -0.493 e. The highest BCUT2D eigenvalue weighted by atomic mass is 16.6. The molecule has 1 atom stereocenters. The minimum atomic E-state index is -0.601. The molecule has 0 unspecified atom stereocenters. The molecule has 9 nitrogen and oxygen atoms in total. The lowest BCUT2D eigenvalue weighted by Crippen LogP contribution is -2.48. The van der Waals surface area contributed by atoms with Gasteiger partial charge in [0.2, 0.25) is 5.75 Å². The SMILES string of the molecule is COc1cc([C@@H]2N(Cc3ccccc3)C(=O)c3cc([N+](=O)[O-])ccc3N2Cc2ccccc2)cc(OC)c1OC. The largest absolute Gasteiger partial charge is 0.493 e. The number of carbonyl (C=O) groups is 1. The molecule has 9 heteroatoms. The highest BCUT2D eigenvalue weighted by Gasteiger charge is 2.40. The summed E-state index contributed by atoms with van der Waals surface area (Å²) in [6.07, 6.45) is -0.601. The highest BCUT2D eigenvalue weighted by Crippen LogP contribution is 2.46. The van der Waals surface area contributed by atoms with E-state index < -0.39 is 11.1 Å². The summed E-state index contributed by atoms with van der Waals surface area (Å²) in [5, 5.41) is 11.7. The Bertz CT molecular complexity index is 1500. The number of benzene rings is 4. The number of fused-ring (bicyclic) bond motifs is 1. The second-order valence-electron chi connectivity index (χ2n) is 9.32. The van der Waals surface area contributed by atoms with Crippen molar-refractivity contribution in [2.24, 2.45) is 0 Å². The zero-order valence-electron chi connectivity index (χ0n) is 22.4. The summed E-state index contributed by atoms with van der Waals surface area (Å²) in [6, 6.07) is 27.6. The maximum absolute atomic E-state index is 14.2. The first-order valence-electron chi connectivity index (χ1n) is 12.7. The molecule has 204 valence electrons. The number of anilines is 1. The third-order valence-electron chi connectivity index (χ3n) is 6.96. The van der Waals surface area contributed by atoms with E-state index in [0.717, 1.165) is 16.7 Å². The Kier molecular flexibility index (Phi) is 7.54. The Hall–Kier alpha value is -5.05. The fraction of sp³-hybridized carbons (Fsp3) is 0.194. The molecule has 0 spiro atoms. The van der Waals surface area contributed by atoms with Gasteiger partial charge >= 0.3 is 0 Å². The molecule has 0 radical (unpaired) electrons. The topological polar surface area (TPSA) is 94.4 Å². The van der Waals surface area contributed by atoms with E-state index in [4.69, 9.17) is 14.2 Å². The van der Waals surface area contributed by atoms with Crippen LogP contribution in [0.5, 0.6) is 17.2 Å². The van der Waals surface area contributed by atoms with Gasteiger partial charge in [0.1, 0.15) is 6.17 Å². The number of non-ortho nitro benzene ring substituents is 1. The molecule has 0 fully saturated rings. The van der Waals surface area contributed by atoms with Gasteiger partial charge in [-0.1, -0.05) is 60.7 Å². The van der Waals surface area contributed by atoms with Crippen LogP contribution in [0.25, 0.3) is 0 Å². The van der Waals surface area contributed by atoms with Crippen LogP contribution in [0, 0.1) is 10.1 Å². The van der Waals surface area contributed by atoms with Gasteiger partial charge < -0.3 is 24.0 Å². The monoisotopic (exact) mass is 539 g/mol. The second kappa shape index (κ2) is 11.4. The highest BCUT2D eigenvalue weighted by molar-refractivity contribution is 6.02. The Morgan fingerprint density at radius 3 is 1.80 bits per heavy atom. The first kappa shape index (κ1) is 26.6. The minimum absolute atomic E-state index is 0.141. The van der Waals surface area contributed by atoms with Crippen molar-refractivity contribution in [2.75, 3.05) is 26.2 Å². The number of carbonyl (C=O) groups excluding carboxylic acids is 1. The van der Waals surface area contributed by atoms with Crippen molar-refractivity contribution in [3.05, 3.63) is 123 Å². The van der Waals surface area contributed by atoms with Crippen molar-refractivity contribution >= 4 is 17.3 Å². The normalized spacial score (nSPS) is 14.5. The van der Waals surface area contributed by atoms with E-state index in [2.05, 4.69) is 4.90 Å². The Morgan fingerprint density at radius 2 is 1.30 bits per heavy atom. The van der Waals surface area contributed by atoms with Gasteiger partial charge in [0, 0.05) is 30.8 Å². The van der Waals surface area contributed by atoms with E-state index in [0.29, 0.717) is 29.5 Å². The van der Waals surface area contributed by atoms with Crippen molar-refractivity contribution in [3.63, 3.8) is 0 Å². The summed E-state index contributed by atoms with van der Waals surface area (Å²) in [4.78, 5) is 29.2. The molecular weight excluding hydrogens is 510 g/mol. The summed E-state index contributed by atoms with van der Waals surface area (Å²) in [5.41, 5.74) is 3.39. The first-order valence-corrected chi connectivity index (χ1v) is 12.7. The molecule has 1 amide bonds. The van der Waals surface area contributed by atoms with Gasteiger partial charge in [0.15, 0.2) is 11.5 Å². The summed E-state index contributed by atoms with van der Waals surface area (Å²) in [5.74, 6) is 1.04. The summed E-state index contributed by atoms with van der Waals surface area (Å²) in [6.45, 7) is 0.708.